The number of nitrogens with zero attached hydrogens (tertiary/aromatic N) is 6. The lowest BCUT2D eigenvalue weighted by Crippen LogP contribution is -2.13. The number of fused-ring (bicyclic) bond motifs is 2. The van der Waals surface area contributed by atoms with E-state index in [0.717, 1.165) is 52.6 Å². The molecule has 1 N–H and O–H groups in total. The van der Waals surface area contributed by atoms with E-state index in [1.165, 1.54) is 11.3 Å². The highest BCUT2D eigenvalue weighted by atomic mass is 32.1. The van der Waals surface area contributed by atoms with E-state index in [0.29, 0.717) is 16.7 Å². The first-order chi connectivity index (χ1) is 14.0. The van der Waals surface area contributed by atoms with E-state index in [1.54, 1.807) is 6.20 Å². The number of aryl methyl sites for hydroxylation is 2. The van der Waals surface area contributed by atoms with Crippen LogP contribution in [0.2, 0.25) is 0 Å². The summed E-state index contributed by atoms with van der Waals surface area (Å²) in [6.45, 7) is 5.91. The summed E-state index contributed by atoms with van der Waals surface area (Å²) in [6, 6.07) is 4.00. The van der Waals surface area contributed by atoms with E-state index in [4.69, 9.17) is 4.98 Å². The molecular weight excluding hydrogens is 386 g/mol. The molecule has 9 heteroatoms. The molecule has 148 valence electrons. The minimum absolute atomic E-state index is 0.279. The van der Waals surface area contributed by atoms with Gasteiger partial charge in [0, 0.05) is 24.4 Å². The molecule has 0 saturated carbocycles. The Hall–Kier alpha value is -2.91. The van der Waals surface area contributed by atoms with Crippen molar-refractivity contribution in [1.82, 2.24) is 29.2 Å². The highest BCUT2D eigenvalue weighted by molar-refractivity contribution is 7.20. The lowest BCUT2D eigenvalue weighted by Gasteiger charge is -2.09. The van der Waals surface area contributed by atoms with Gasteiger partial charge in [0.05, 0.1) is 17.6 Å². The van der Waals surface area contributed by atoms with E-state index in [9.17, 15) is 4.79 Å². The average Bonchev–Trinajstić information content (AvgIpc) is 3.38. The fraction of sp³-hybridized carbons (Fsp3) is 0.350. The Balaban J connectivity index is 1.40. The van der Waals surface area contributed by atoms with Crippen LogP contribution in [-0.4, -0.2) is 55.3 Å². The highest BCUT2D eigenvalue weighted by Gasteiger charge is 2.23. The third kappa shape index (κ3) is 3.36. The number of hydrogen-bond donors (Lipinski definition) is 1. The molecule has 1 fully saturated rings. The molecule has 29 heavy (non-hydrogen) atoms. The summed E-state index contributed by atoms with van der Waals surface area (Å²) in [4.78, 5) is 34.0. The average molecular weight is 408 g/mol. The van der Waals surface area contributed by atoms with E-state index < -0.39 is 0 Å². The van der Waals surface area contributed by atoms with Gasteiger partial charge in [-0.1, -0.05) is 11.3 Å². The zero-order valence-corrected chi connectivity index (χ0v) is 17.3. The number of hydrogen-bond acceptors (Lipinski definition) is 7. The fourth-order valence-corrected chi connectivity index (χ4v) is 4.68. The van der Waals surface area contributed by atoms with Gasteiger partial charge in [-0.15, -0.1) is 0 Å². The number of likely N-dealkylation sites (N-methyl/N-ethyl adjacent to an activating group) is 1. The Labute approximate surface area is 171 Å². The SMILES string of the molecule is Cc1cn2cc(NC(=O)c3nc4ccc(C5CCN(C)C5)nc4s3)nc(C)c2n1. The van der Waals surface area contributed by atoms with Crippen LogP contribution < -0.4 is 5.32 Å². The normalized spacial score (nSPS) is 17.4. The molecule has 0 aliphatic carbocycles. The number of pyridine rings is 1. The molecule has 5 rings (SSSR count). The van der Waals surface area contributed by atoms with E-state index in [-0.39, 0.29) is 5.91 Å². The van der Waals surface area contributed by atoms with Crippen LogP contribution in [0.15, 0.2) is 24.5 Å². The summed E-state index contributed by atoms with van der Waals surface area (Å²) < 4.78 is 1.87. The third-order valence-electron chi connectivity index (χ3n) is 5.25. The maximum Gasteiger partial charge on any atom is 0.285 e. The van der Waals surface area contributed by atoms with Crippen molar-refractivity contribution in [3.05, 3.63) is 46.6 Å². The zero-order valence-electron chi connectivity index (χ0n) is 16.5. The number of carbonyl (C=O) groups is 1. The molecule has 1 saturated heterocycles. The number of nitrogens with one attached hydrogen (secondary N) is 1. The number of rotatable bonds is 3. The molecular formula is C20H21N7OS. The Bertz CT molecular complexity index is 1240. The van der Waals surface area contributed by atoms with E-state index in [2.05, 4.69) is 32.2 Å². The van der Waals surface area contributed by atoms with Gasteiger partial charge in [0.1, 0.15) is 16.2 Å². The second kappa shape index (κ2) is 6.85. The summed E-state index contributed by atoms with van der Waals surface area (Å²) in [7, 11) is 2.13. The Kier molecular flexibility index (Phi) is 4.29. The minimum Gasteiger partial charge on any atom is -0.306 e. The predicted octanol–water partition coefficient (Wildman–Crippen LogP) is 3.02. The summed E-state index contributed by atoms with van der Waals surface area (Å²) in [5, 5.41) is 3.24. The van der Waals surface area contributed by atoms with Gasteiger partial charge in [-0.25, -0.2) is 19.9 Å². The zero-order chi connectivity index (χ0) is 20.1. The largest absolute Gasteiger partial charge is 0.306 e. The summed E-state index contributed by atoms with van der Waals surface area (Å²) >= 11 is 1.32. The van der Waals surface area contributed by atoms with Gasteiger partial charge in [0.2, 0.25) is 0 Å². The number of likely N-dealkylation sites (tertiary alicyclic amines) is 1. The molecule has 1 atom stereocenters. The highest BCUT2D eigenvalue weighted by Crippen LogP contribution is 2.28. The molecule has 0 bridgehead atoms. The molecule has 5 heterocycles. The lowest BCUT2D eigenvalue weighted by molar-refractivity contribution is 0.102. The lowest BCUT2D eigenvalue weighted by atomic mass is 10.0. The van der Waals surface area contributed by atoms with Gasteiger partial charge in [-0.05, 0) is 46.0 Å². The molecule has 8 nitrogen and oxygen atoms in total. The Morgan fingerprint density at radius 2 is 2.03 bits per heavy atom. The van der Waals surface area contributed by atoms with Crippen molar-refractivity contribution in [2.24, 2.45) is 0 Å². The topological polar surface area (TPSA) is 88.3 Å². The molecule has 0 aromatic carbocycles. The van der Waals surface area contributed by atoms with Crippen LogP contribution in [0, 0.1) is 13.8 Å². The quantitative estimate of drug-likeness (QED) is 0.562. The molecule has 4 aromatic rings. The molecule has 1 unspecified atom stereocenters. The number of carbonyl (C=O) groups excluding carboxylic acids is 1. The van der Waals surface area contributed by atoms with Crippen LogP contribution >= 0.6 is 11.3 Å². The molecule has 1 amide bonds. The van der Waals surface area contributed by atoms with Crippen LogP contribution in [0.5, 0.6) is 0 Å². The van der Waals surface area contributed by atoms with Crippen molar-refractivity contribution in [2.45, 2.75) is 26.2 Å². The van der Waals surface area contributed by atoms with Gasteiger partial charge >= 0.3 is 0 Å². The maximum atomic E-state index is 12.8. The number of amides is 1. The number of thiazole rings is 1. The van der Waals surface area contributed by atoms with Crippen molar-refractivity contribution in [2.75, 3.05) is 25.5 Å². The molecule has 4 aromatic heterocycles. The van der Waals surface area contributed by atoms with Crippen LogP contribution in [0.4, 0.5) is 5.82 Å². The molecule has 0 spiro atoms. The second-order valence-corrected chi connectivity index (χ2v) is 8.58. The maximum absolute atomic E-state index is 12.8. The third-order valence-corrected chi connectivity index (χ3v) is 6.21. The van der Waals surface area contributed by atoms with Crippen LogP contribution in [0.1, 0.15) is 39.2 Å². The van der Waals surface area contributed by atoms with Crippen LogP contribution in [-0.2, 0) is 0 Å². The van der Waals surface area contributed by atoms with Crippen molar-refractivity contribution in [1.29, 1.82) is 0 Å². The number of anilines is 1. The van der Waals surface area contributed by atoms with Gasteiger partial charge in [-0.2, -0.15) is 0 Å². The summed E-state index contributed by atoms with van der Waals surface area (Å²) in [5.74, 6) is 0.638. The van der Waals surface area contributed by atoms with E-state index >= 15 is 0 Å². The first-order valence-corrected chi connectivity index (χ1v) is 10.4. The van der Waals surface area contributed by atoms with Crippen molar-refractivity contribution >= 4 is 39.1 Å². The molecule has 1 aliphatic heterocycles. The number of imidazole rings is 1. The monoisotopic (exact) mass is 407 g/mol. The van der Waals surface area contributed by atoms with Crippen molar-refractivity contribution < 1.29 is 4.79 Å². The van der Waals surface area contributed by atoms with Crippen molar-refractivity contribution in [3.63, 3.8) is 0 Å². The summed E-state index contributed by atoms with van der Waals surface area (Å²) in [5.41, 5.74) is 4.28. The number of aromatic nitrogens is 5. The minimum atomic E-state index is -0.279. The first-order valence-electron chi connectivity index (χ1n) is 9.56. The smallest absolute Gasteiger partial charge is 0.285 e. The predicted molar refractivity (Wildman–Crippen MR) is 113 cm³/mol. The van der Waals surface area contributed by atoms with Gasteiger partial charge < -0.3 is 14.6 Å². The Morgan fingerprint density at radius 1 is 1.17 bits per heavy atom. The van der Waals surface area contributed by atoms with E-state index in [1.807, 2.05) is 36.6 Å². The van der Waals surface area contributed by atoms with Crippen LogP contribution in [0.25, 0.3) is 16.0 Å². The van der Waals surface area contributed by atoms with Gasteiger partial charge in [0.15, 0.2) is 10.7 Å². The summed E-state index contributed by atoms with van der Waals surface area (Å²) in [6.07, 6.45) is 4.78. The first kappa shape index (κ1) is 18.1. The molecule has 0 radical (unpaired) electrons. The second-order valence-electron chi connectivity index (χ2n) is 7.61. The van der Waals surface area contributed by atoms with Crippen LogP contribution in [0.3, 0.4) is 0 Å². The Morgan fingerprint density at radius 3 is 2.83 bits per heavy atom. The fourth-order valence-electron chi connectivity index (χ4n) is 3.84. The standard InChI is InChI=1S/C20H21N7OS/c1-11-8-27-10-16(22-12(2)17(27)21-11)25-18(28)20-24-15-5-4-14(23-19(15)29-20)13-6-7-26(3)9-13/h4-5,8,10,13H,6-7,9H2,1-3H3,(H,25,28). The van der Waals surface area contributed by atoms with Crippen molar-refractivity contribution in [3.8, 4) is 0 Å². The van der Waals surface area contributed by atoms with Gasteiger partial charge in [0.25, 0.3) is 5.91 Å². The molecule has 1 aliphatic rings. The van der Waals surface area contributed by atoms with Gasteiger partial charge in [-0.3, -0.25) is 4.79 Å².